The largest absolute Gasteiger partial charge is 0.489 e. The number of benzene rings is 3. The summed E-state index contributed by atoms with van der Waals surface area (Å²) >= 11 is 5.45. The quantitative estimate of drug-likeness (QED) is 0.218. The van der Waals surface area contributed by atoms with Crippen molar-refractivity contribution in [3.05, 3.63) is 87.2 Å². The average Bonchev–Trinajstić information content (AvgIpc) is 3.39. The molecule has 2 aliphatic rings. The molecule has 6 rings (SSSR count). The van der Waals surface area contributed by atoms with Crippen molar-refractivity contribution in [3.63, 3.8) is 0 Å². The van der Waals surface area contributed by atoms with E-state index in [1.165, 1.54) is 32.3 Å². The molecule has 0 unspecified atom stereocenters. The maximum atomic E-state index is 13.0. The van der Waals surface area contributed by atoms with E-state index in [9.17, 15) is 4.79 Å². The molecule has 2 saturated heterocycles. The number of ether oxygens (including phenoxy) is 1. The van der Waals surface area contributed by atoms with E-state index in [0.29, 0.717) is 12.5 Å². The number of carbonyl (C=O) groups is 1. The smallest absolute Gasteiger partial charge is 0.225 e. The number of nitrogens with zero attached hydrogens (tertiary/aromatic N) is 1. The Hall–Kier alpha value is -2.71. The van der Waals surface area contributed by atoms with E-state index < -0.39 is 0 Å². The molecule has 41 heavy (non-hydrogen) atoms. The van der Waals surface area contributed by atoms with Crippen LogP contribution in [0.4, 0.5) is 0 Å². The molecule has 1 amide bonds. The van der Waals surface area contributed by atoms with Gasteiger partial charge in [-0.2, -0.15) is 0 Å². The van der Waals surface area contributed by atoms with Crippen LogP contribution in [-0.2, 0) is 17.8 Å². The van der Waals surface area contributed by atoms with E-state index in [1.54, 1.807) is 11.3 Å². The van der Waals surface area contributed by atoms with Crippen molar-refractivity contribution < 1.29 is 9.53 Å². The topological polar surface area (TPSA) is 53.6 Å². The zero-order valence-corrected chi connectivity index (χ0v) is 26.0. The molecule has 0 bridgehead atoms. The van der Waals surface area contributed by atoms with E-state index in [-0.39, 0.29) is 11.9 Å². The fraction of sp³-hybridized carbons (Fsp3) is 0.382. The molecule has 4 aromatic rings. The number of aryl methyl sites for hydroxylation is 1. The normalized spacial score (nSPS) is 17.1. The van der Waals surface area contributed by atoms with Crippen molar-refractivity contribution in [1.29, 1.82) is 0 Å². The molecule has 2 N–H and O–H groups in total. The van der Waals surface area contributed by atoms with Crippen molar-refractivity contribution in [2.24, 2.45) is 0 Å². The second-order valence-corrected chi connectivity index (χ2v) is 13.4. The first-order valence-corrected chi connectivity index (χ1v) is 16.4. The van der Waals surface area contributed by atoms with Gasteiger partial charge in [-0.15, -0.1) is 11.3 Å². The van der Waals surface area contributed by atoms with Crippen molar-refractivity contribution in [2.45, 2.75) is 57.7 Å². The predicted octanol–water partition coefficient (Wildman–Crippen LogP) is 7.09. The van der Waals surface area contributed by atoms with E-state index in [4.69, 9.17) is 4.74 Å². The number of hydrogen-bond donors (Lipinski definition) is 2. The Kier molecular flexibility index (Phi) is 9.06. The van der Waals surface area contributed by atoms with Crippen LogP contribution in [0.3, 0.4) is 0 Å². The lowest BCUT2D eigenvalue weighted by Gasteiger charge is -2.32. The maximum absolute atomic E-state index is 13.0. The third-order valence-corrected chi connectivity index (χ3v) is 9.96. The molecular formula is C34H38BrN3O2S. The summed E-state index contributed by atoms with van der Waals surface area (Å²) in [7, 11) is 0. The molecule has 5 nitrogen and oxygen atoms in total. The first-order chi connectivity index (χ1) is 20.0. The molecule has 2 aliphatic heterocycles. The highest BCUT2D eigenvalue weighted by Crippen LogP contribution is 2.35. The second kappa shape index (κ2) is 13.1. The minimum absolute atomic E-state index is 0.125. The van der Waals surface area contributed by atoms with E-state index in [2.05, 4.69) is 105 Å². The van der Waals surface area contributed by atoms with Crippen molar-refractivity contribution in [1.82, 2.24) is 15.5 Å². The highest BCUT2D eigenvalue weighted by molar-refractivity contribution is 9.10. The Bertz CT molecular complexity index is 1490. The Morgan fingerprint density at radius 3 is 2.56 bits per heavy atom. The summed E-state index contributed by atoms with van der Waals surface area (Å²) < 4.78 is 8.50. The Labute approximate surface area is 255 Å². The summed E-state index contributed by atoms with van der Waals surface area (Å²) in [6.07, 6.45) is 4.80. The van der Waals surface area contributed by atoms with Crippen LogP contribution in [0.2, 0.25) is 0 Å². The molecule has 2 fully saturated rings. The van der Waals surface area contributed by atoms with E-state index >= 15 is 0 Å². The van der Waals surface area contributed by atoms with Crippen LogP contribution in [0.15, 0.2) is 71.2 Å². The molecule has 7 heteroatoms. The number of hydrogen-bond acceptors (Lipinski definition) is 5. The van der Waals surface area contributed by atoms with Gasteiger partial charge < -0.3 is 15.4 Å². The number of thiophene rings is 1. The standard InChI is InChI=1S/C34H38BrN3O2S/c1-23-5-8-25(9-6-23)29-3-2-4-33-30(29)20-28(41-33)21-34(39)37-26-13-17-38(18-14-26)22-24-7-10-32(31(35)19-24)40-27-11-15-36-16-12-27/h2-10,19-20,26-27,36H,11-18,21-22H2,1H3,(H,37,39). The summed E-state index contributed by atoms with van der Waals surface area (Å²) in [4.78, 5) is 16.6. The van der Waals surface area contributed by atoms with Gasteiger partial charge in [-0.1, -0.05) is 48.0 Å². The lowest BCUT2D eigenvalue weighted by Crippen LogP contribution is -2.44. The van der Waals surface area contributed by atoms with Crippen LogP contribution in [0.1, 0.15) is 41.7 Å². The number of rotatable bonds is 8. The van der Waals surface area contributed by atoms with Gasteiger partial charge >= 0.3 is 0 Å². The fourth-order valence-corrected chi connectivity index (χ4v) is 7.55. The highest BCUT2D eigenvalue weighted by atomic mass is 79.9. The number of likely N-dealkylation sites (tertiary alicyclic amines) is 1. The number of amides is 1. The third kappa shape index (κ3) is 7.20. The molecule has 3 aromatic carbocycles. The lowest BCUT2D eigenvalue weighted by molar-refractivity contribution is -0.121. The maximum Gasteiger partial charge on any atom is 0.225 e. The molecular weight excluding hydrogens is 594 g/mol. The van der Waals surface area contributed by atoms with Crippen LogP contribution >= 0.6 is 27.3 Å². The van der Waals surface area contributed by atoms with Gasteiger partial charge in [0.05, 0.1) is 10.9 Å². The zero-order chi connectivity index (χ0) is 28.2. The van der Waals surface area contributed by atoms with Crippen LogP contribution in [0, 0.1) is 6.92 Å². The van der Waals surface area contributed by atoms with Crippen LogP contribution in [-0.4, -0.2) is 49.1 Å². The first kappa shape index (κ1) is 28.4. The van der Waals surface area contributed by atoms with Gasteiger partial charge in [0.1, 0.15) is 11.9 Å². The Morgan fingerprint density at radius 2 is 1.80 bits per heavy atom. The number of fused-ring (bicyclic) bond motifs is 1. The van der Waals surface area contributed by atoms with Gasteiger partial charge in [0.15, 0.2) is 0 Å². The van der Waals surface area contributed by atoms with Gasteiger partial charge in [-0.25, -0.2) is 0 Å². The summed E-state index contributed by atoms with van der Waals surface area (Å²) in [6.45, 7) is 7.04. The number of piperidine rings is 2. The number of halogens is 1. The SMILES string of the molecule is Cc1ccc(-c2cccc3sc(CC(=O)NC4CCN(Cc5ccc(OC6CCNCC6)c(Br)c5)CC4)cc23)cc1. The summed E-state index contributed by atoms with van der Waals surface area (Å²) in [5.74, 6) is 1.06. The number of nitrogens with one attached hydrogen (secondary N) is 2. The highest BCUT2D eigenvalue weighted by Gasteiger charge is 2.22. The molecule has 0 spiro atoms. The minimum Gasteiger partial charge on any atom is -0.489 e. The lowest BCUT2D eigenvalue weighted by atomic mass is 10.0. The number of carbonyl (C=O) groups excluding carboxylic acids is 1. The van der Waals surface area contributed by atoms with Gasteiger partial charge in [0, 0.05) is 40.6 Å². The molecule has 3 heterocycles. The summed E-state index contributed by atoms with van der Waals surface area (Å²) in [5, 5.41) is 7.93. The van der Waals surface area contributed by atoms with Crippen LogP contribution < -0.4 is 15.4 Å². The fourth-order valence-electron chi connectivity index (χ4n) is 5.95. The minimum atomic E-state index is 0.125. The monoisotopic (exact) mass is 631 g/mol. The molecule has 0 saturated carbocycles. The Morgan fingerprint density at radius 1 is 1.02 bits per heavy atom. The predicted molar refractivity (Wildman–Crippen MR) is 173 cm³/mol. The zero-order valence-electron chi connectivity index (χ0n) is 23.6. The molecule has 0 atom stereocenters. The average molecular weight is 633 g/mol. The van der Waals surface area contributed by atoms with Crippen LogP contribution in [0.5, 0.6) is 5.75 Å². The van der Waals surface area contributed by atoms with Crippen molar-refractivity contribution in [2.75, 3.05) is 26.2 Å². The van der Waals surface area contributed by atoms with Gasteiger partial charge in [0.2, 0.25) is 5.91 Å². The second-order valence-electron chi connectivity index (χ2n) is 11.4. The Balaban J connectivity index is 0.991. The summed E-state index contributed by atoms with van der Waals surface area (Å²) in [6, 6.07) is 24.0. The van der Waals surface area contributed by atoms with Gasteiger partial charge in [-0.3, -0.25) is 9.69 Å². The van der Waals surface area contributed by atoms with Crippen molar-refractivity contribution in [3.8, 4) is 16.9 Å². The summed E-state index contributed by atoms with van der Waals surface area (Å²) in [5.41, 5.74) is 4.99. The van der Waals surface area contributed by atoms with E-state index in [1.807, 2.05) is 0 Å². The van der Waals surface area contributed by atoms with E-state index in [0.717, 1.165) is 73.5 Å². The molecule has 1 aromatic heterocycles. The molecule has 214 valence electrons. The first-order valence-electron chi connectivity index (χ1n) is 14.8. The molecule has 0 aliphatic carbocycles. The van der Waals surface area contributed by atoms with Gasteiger partial charge in [0.25, 0.3) is 0 Å². The van der Waals surface area contributed by atoms with Crippen LogP contribution in [0.25, 0.3) is 21.2 Å². The van der Waals surface area contributed by atoms with Gasteiger partial charge in [-0.05, 0) is 103 Å². The molecule has 0 radical (unpaired) electrons. The van der Waals surface area contributed by atoms with Crippen molar-refractivity contribution >= 4 is 43.3 Å². The third-order valence-electron chi connectivity index (χ3n) is 8.24.